The van der Waals surface area contributed by atoms with Crippen LogP contribution in [0.3, 0.4) is 0 Å². The number of hydrazine groups is 1. The number of carbonyl (C=O) groups is 2. The third-order valence-corrected chi connectivity index (χ3v) is 11.6. The zero-order valence-electron chi connectivity index (χ0n) is 40.9. The molecule has 8 rings (SSSR count). The highest BCUT2D eigenvalue weighted by Crippen LogP contribution is 2.44. The summed E-state index contributed by atoms with van der Waals surface area (Å²) in [6.07, 6.45) is -7.18. The lowest BCUT2D eigenvalue weighted by Crippen LogP contribution is -2.54. The quantitative estimate of drug-likeness (QED) is 0.0719. The largest absolute Gasteiger partial charge is 0.493 e. The van der Waals surface area contributed by atoms with Crippen LogP contribution >= 0.6 is 0 Å². The summed E-state index contributed by atoms with van der Waals surface area (Å²) in [4.78, 5) is 47.2. The van der Waals surface area contributed by atoms with E-state index in [4.69, 9.17) is 37.5 Å². The molecule has 0 saturated carbocycles. The van der Waals surface area contributed by atoms with E-state index in [0.717, 1.165) is 49.8 Å². The minimum Gasteiger partial charge on any atom is -0.493 e. The van der Waals surface area contributed by atoms with Crippen molar-refractivity contribution < 1.29 is 73.4 Å². The summed E-state index contributed by atoms with van der Waals surface area (Å²) in [6, 6.07) is 16.7. The van der Waals surface area contributed by atoms with E-state index in [-0.39, 0.29) is 41.2 Å². The molecule has 4 amide bonds. The summed E-state index contributed by atoms with van der Waals surface area (Å²) in [7, 11) is 4.33. The van der Waals surface area contributed by atoms with Crippen LogP contribution in [-0.4, -0.2) is 82.6 Å². The van der Waals surface area contributed by atoms with Gasteiger partial charge in [-0.3, -0.25) is 10.6 Å². The van der Waals surface area contributed by atoms with Crippen LogP contribution in [0.2, 0.25) is 0 Å². The van der Waals surface area contributed by atoms with Crippen LogP contribution in [0, 0.1) is 0 Å². The first-order valence-corrected chi connectivity index (χ1v) is 22.2. The molecule has 0 unspecified atom stereocenters. The lowest BCUT2D eigenvalue weighted by molar-refractivity contribution is -0.186. The summed E-state index contributed by atoms with van der Waals surface area (Å²) in [6.45, 7) is 5.43. The second-order valence-corrected chi connectivity index (χ2v) is 17.1. The standard InChI is InChI=1S/C49H44F6N10O10/c1-9-71-37-19-31-33(21-36(37)70-8)57-25-59-43(31)73-29-15-11-13-27(17-29)65(45(67)61-41-23-39(75-63-41)47(4,5)49(53,54)55)64(44(66)60-40-22-38(74-62-40)46(2,3)48(50,51)52)26-12-10-14-28(16-26)72-42-30-18-34(68-6)35(69-7)20-32(30)56-24-58-42/h10-25H,9H2,1-8H3,(H,60,62,66)(H,61,63,67). The smallest absolute Gasteiger partial charge is 0.401 e. The second kappa shape index (κ2) is 20.4. The van der Waals surface area contributed by atoms with Crippen molar-refractivity contribution >= 4 is 56.9 Å². The highest BCUT2D eigenvalue weighted by atomic mass is 19.4. The van der Waals surface area contributed by atoms with E-state index in [2.05, 4.69) is 40.9 Å². The maximum absolute atomic E-state index is 15.0. The van der Waals surface area contributed by atoms with E-state index in [1.165, 1.54) is 82.5 Å². The Hall–Kier alpha value is -9.10. The van der Waals surface area contributed by atoms with Crippen molar-refractivity contribution in [1.82, 2.24) is 30.2 Å². The Morgan fingerprint density at radius 1 is 0.560 bits per heavy atom. The number of anilines is 4. The van der Waals surface area contributed by atoms with Crippen molar-refractivity contribution in [1.29, 1.82) is 0 Å². The number of ether oxygens (including phenoxy) is 6. The fourth-order valence-corrected chi connectivity index (χ4v) is 7.08. The van der Waals surface area contributed by atoms with E-state index in [1.807, 2.05) is 0 Å². The number of alkyl halides is 6. The second-order valence-electron chi connectivity index (χ2n) is 17.1. The lowest BCUT2D eigenvalue weighted by atomic mass is 9.89. The molecule has 0 aliphatic carbocycles. The Labute approximate surface area is 421 Å². The van der Waals surface area contributed by atoms with Crippen LogP contribution in [0.5, 0.6) is 46.3 Å². The fourth-order valence-electron chi connectivity index (χ4n) is 7.08. The summed E-state index contributed by atoms with van der Waals surface area (Å²) in [5.41, 5.74) is -4.73. The van der Waals surface area contributed by atoms with Gasteiger partial charge in [0.1, 0.15) is 35.0 Å². The van der Waals surface area contributed by atoms with Crippen molar-refractivity contribution in [3.63, 3.8) is 0 Å². The molecule has 8 aromatic rings. The van der Waals surface area contributed by atoms with Crippen molar-refractivity contribution in [2.75, 3.05) is 48.6 Å². The molecular formula is C49H44F6N10O10. The number of rotatable bonds is 15. The van der Waals surface area contributed by atoms with Crippen LogP contribution in [-0.2, 0) is 10.8 Å². The topological polar surface area (TPSA) is 224 Å². The van der Waals surface area contributed by atoms with E-state index >= 15 is 0 Å². The molecule has 4 heterocycles. The molecule has 20 nitrogen and oxygen atoms in total. The van der Waals surface area contributed by atoms with Gasteiger partial charge < -0.3 is 37.5 Å². The molecule has 26 heteroatoms. The van der Waals surface area contributed by atoms with E-state index < -0.39 is 58.4 Å². The third kappa shape index (κ3) is 10.6. The number of fused-ring (bicyclic) bond motifs is 2. The Balaban J connectivity index is 1.27. The molecule has 4 aromatic carbocycles. The average molecular weight is 1050 g/mol. The number of methoxy groups -OCH3 is 3. The minimum atomic E-state index is -4.82. The summed E-state index contributed by atoms with van der Waals surface area (Å²) in [5, 5.41) is 14.3. The van der Waals surface area contributed by atoms with E-state index in [0.29, 0.717) is 44.8 Å². The monoisotopic (exact) mass is 1050 g/mol. The van der Waals surface area contributed by atoms with Crippen LogP contribution in [0.15, 0.2) is 107 Å². The number of aromatic nitrogens is 6. The van der Waals surface area contributed by atoms with Gasteiger partial charge in [0.2, 0.25) is 11.8 Å². The van der Waals surface area contributed by atoms with Gasteiger partial charge in [-0.1, -0.05) is 22.4 Å². The first-order chi connectivity index (χ1) is 35.6. The molecule has 0 fully saturated rings. The summed E-state index contributed by atoms with van der Waals surface area (Å²) in [5.74, 6) is -0.970. The molecule has 4 aromatic heterocycles. The van der Waals surface area contributed by atoms with Gasteiger partial charge >= 0.3 is 24.4 Å². The number of benzene rings is 4. The van der Waals surface area contributed by atoms with Gasteiger partial charge in [-0.05, 0) is 71.0 Å². The molecule has 392 valence electrons. The van der Waals surface area contributed by atoms with E-state index in [1.54, 1.807) is 31.2 Å². The molecule has 0 aliphatic rings. The van der Waals surface area contributed by atoms with Crippen molar-refractivity contribution in [3.8, 4) is 46.3 Å². The Morgan fingerprint density at radius 3 is 1.36 bits per heavy atom. The Morgan fingerprint density at radius 2 is 0.960 bits per heavy atom. The molecule has 2 N–H and O–H groups in total. The maximum atomic E-state index is 15.0. The first-order valence-electron chi connectivity index (χ1n) is 22.2. The molecule has 0 bridgehead atoms. The van der Waals surface area contributed by atoms with Gasteiger partial charge in [0, 0.05) is 36.4 Å². The number of nitrogens with one attached hydrogen (secondary N) is 2. The van der Waals surface area contributed by atoms with Gasteiger partial charge in [0.25, 0.3) is 0 Å². The average Bonchev–Trinajstić information content (AvgIpc) is 4.05. The number of halogens is 6. The first kappa shape index (κ1) is 52.2. The number of hydrogen-bond acceptors (Lipinski definition) is 16. The summed E-state index contributed by atoms with van der Waals surface area (Å²) >= 11 is 0. The Bertz CT molecular complexity index is 3400. The molecule has 75 heavy (non-hydrogen) atoms. The fraction of sp³-hybridized carbons (Fsp3) is 0.265. The molecule has 0 atom stereocenters. The zero-order chi connectivity index (χ0) is 54.0. The highest BCUT2D eigenvalue weighted by Gasteiger charge is 2.52. The number of nitrogens with zero attached hydrogens (tertiary/aromatic N) is 8. The van der Waals surface area contributed by atoms with Gasteiger partial charge in [0.15, 0.2) is 46.2 Å². The number of amides is 4. The van der Waals surface area contributed by atoms with Crippen molar-refractivity contribution in [2.45, 2.75) is 57.8 Å². The number of carbonyl (C=O) groups excluding carboxylic acids is 2. The van der Waals surface area contributed by atoms with Crippen LogP contribution < -0.4 is 49.1 Å². The van der Waals surface area contributed by atoms with Crippen molar-refractivity contribution in [3.05, 3.63) is 109 Å². The molecule has 0 saturated heterocycles. The molecule has 0 radical (unpaired) electrons. The van der Waals surface area contributed by atoms with Crippen LogP contribution in [0.25, 0.3) is 21.8 Å². The molecule has 0 spiro atoms. The Kier molecular flexibility index (Phi) is 14.2. The number of urea groups is 2. The van der Waals surface area contributed by atoms with Gasteiger partial charge in [-0.25, -0.2) is 29.5 Å². The lowest BCUT2D eigenvalue weighted by Gasteiger charge is -2.34. The summed E-state index contributed by atoms with van der Waals surface area (Å²) < 4.78 is 130. The van der Waals surface area contributed by atoms with Crippen molar-refractivity contribution in [2.24, 2.45) is 0 Å². The minimum absolute atomic E-state index is 0.00222. The van der Waals surface area contributed by atoms with Crippen LogP contribution in [0.4, 0.5) is 58.9 Å². The van der Waals surface area contributed by atoms with Gasteiger partial charge in [0.05, 0.1) is 61.1 Å². The predicted octanol–water partition coefficient (Wildman–Crippen LogP) is 11.9. The predicted molar refractivity (Wildman–Crippen MR) is 257 cm³/mol. The third-order valence-electron chi connectivity index (χ3n) is 11.6. The number of hydrogen-bond donors (Lipinski definition) is 2. The van der Waals surface area contributed by atoms with Gasteiger partial charge in [-0.15, -0.1) is 0 Å². The molecule has 0 aliphatic heterocycles. The van der Waals surface area contributed by atoms with Gasteiger partial charge in [-0.2, -0.15) is 36.4 Å². The maximum Gasteiger partial charge on any atom is 0.401 e. The zero-order valence-corrected chi connectivity index (χ0v) is 40.9. The highest BCUT2D eigenvalue weighted by molar-refractivity contribution is 6.12. The SMILES string of the molecule is CCOc1cc2c(Oc3cccc(N(C(=O)Nc4cc(C(C)(C)C(F)(F)F)on4)N(C(=O)Nc4cc(C(C)(C)C(F)(F)F)on4)c4cccc(Oc5ncnc6cc(OC)c(OC)cc56)c4)c3)ncnc2cc1OC. The normalized spacial score (nSPS) is 12.0. The van der Waals surface area contributed by atoms with Crippen LogP contribution in [0.1, 0.15) is 46.1 Å². The molecular weight excluding hydrogens is 1000 g/mol. The van der Waals surface area contributed by atoms with E-state index in [9.17, 15) is 35.9 Å².